The molecule has 0 amide bonds. The Morgan fingerprint density at radius 2 is 1.50 bits per heavy atom. The summed E-state index contributed by atoms with van der Waals surface area (Å²) in [4.78, 5) is 9.68. The molecule has 0 aliphatic carbocycles. The maximum absolute atomic E-state index is 5.73. The Bertz CT molecular complexity index is 835. The van der Waals surface area contributed by atoms with Gasteiger partial charge in [0.05, 0.1) is 5.69 Å². The Balaban J connectivity index is 1.32. The summed E-state index contributed by atoms with van der Waals surface area (Å²) in [6, 6.07) is 18.9. The van der Waals surface area contributed by atoms with Gasteiger partial charge in [0, 0.05) is 44.8 Å². The Kier molecular flexibility index (Phi) is 5.14. The van der Waals surface area contributed by atoms with Crippen LogP contribution in [0.3, 0.4) is 0 Å². The van der Waals surface area contributed by atoms with E-state index in [4.69, 9.17) is 9.40 Å². The van der Waals surface area contributed by atoms with Crippen molar-refractivity contribution in [3.05, 3.63) is 77.7 Å². The van der Waals surface area contributed by atoms with Crippen LogP contribution in [0.4, 0.5) is 0 Å². The molecule has 0 unspecified atom stereocenters. The topological polar surface area (TPSA) is 32.5 Å². The second-order valence-corrected chi connectivity index (χ2v) is 7.00. The van der Waals surface area contributed by atoms with Crippen molar-refractivity contribution in [1.29, 1.82) is 0 Å². The van der Waals surface area contributed by atoms with Crippen LogP contribution in [0.15, 0.2) is 65.3 Å². The monoisotopic (exact) mass is 347 g/mol. The van der Waals surface area contributed by atoms with Crippen molar-refractivity contribution in [2.75, 3.05) is 26.2 Å². The van der Waals surface area contributed by atoms with Crippen LogP contribution in [-0.4, -0.2) is 41.0 Å². The van der Waals surface area contributed by atoms with Gasteiger partial charge in [-0.25, -0.2) is 4.98 Å². The van der Waals surface area contributed by atoms with E-state index in [9.17, 15) is 0 Å². The average molecular weight is 347 g/mol. The molecule has 0 saturated carbocycles. The molecule has 0 atom stereocenters. The molecule has 26 heavy (non-hydrogen) atoms. The molecule has 0 N–H and O–H groups in total. The minimum atomic E-state index is 0.723. The molecule has 1 fully saturated rings. The van der Waals surface area contributed by atoms with Crippen molar-refractivity contribution in [1.82, 2.24) is 14.8 Å². The maximum Gasteiger partial charge on any atom is 0.226 e. The highest BCUT2D eigenvalue weighted by Crippen LogP contribution is 2.23. The van der Waals surface area contributed by atoms with Crippen LogP contribution in [0, 0.1) is 6.92 Å². The van der Waals surface area contributed by atoms with Crippen molar-refractivity contribution in [3.8, 4) is 11.5 Å². The standard InChI is InChI=1S/C22H25N3O/c1-18-7-5-6-10-21(18)22-23-20(17-26-22)16-25-13-11-24(12-14-25)15-19-8-3-2-4-9-19/h2-10,17H,11-16H2,1H3. The molecule has 2 aromatic carbocycles. The van der Waals surface area contributed by atoms with E-state index in [-0.39, 0.29) is 0 Å². The zero-order valence-corrected chi connectivity index (χ0v) is 15.3. The van der Waals surface area contributed by atoms with Crippen molar-refractivity contribution in [3.63, 3.8) is 0 Å². The zero-order chi connectivity index (χ0) is 17.8. The first-order valence-electron chi connectivity index (χ1n) is 9.27. The summed E-state index contributed by atoms with van der Waals surface area (Å²) >= 11 is 0. The van der Waals surface area contributed by atoms with Gasteiger partial charge in [-0.15, -0.1) is 0 Å². The summed E-state index contributed by atoms with van der Waals surface area (Å²) in [5.74, 6) is 0.723. The van der Waals surface area contributed by atoms with E-state index in [2.05, 4.69) is 59.2 Å². The minimum absolute atomic E-state index is 0.723. The lowest BCUT2D eigenvalue weighted by molar-refractivity contribution is 0.121. The molecule has 134 valence electrons. The van der Waals surface area contributed by atoms with E-state index in [0.717, 1.165) is 56.4 Å². The van der Waals surface area contributed by atoms with Gasteiger partial charge >= 0.3 is 0 Å². The quantitative estimate of drug-likeness (QED) is 0.699. The van der Waals surface area contributed by atoms with Gasteiger partial charge in [0.1, 0.15) is 6.26 Å². The van der Waals surface area contributed by atoms with Crippen molar-refractivity contribution in [2.24, 2.45) is 0 Å². The predicted octanol–water partition coefficient (Wildman–Crippen LogP) is 3.97. The third-order valence-electron chi connectivity index (χ3n) is 5.03. The van der Waals surface area contributed by atoms with Crippen molar-refractivity contribution >= 4 is 0 Å². The normalized spacial score (nSPS) is 16.0. The molecule has 4 nitrogen and oxygen atoms in total. The average Bonchev–Trinajstić information content (AvgIpc) is 3.13. The number of aromatic nitrogens is 1. The molecular formula is C22H25N3O. The molecule has 1 aliphatic rings. The third kappa shape index (κ3) is 4.03. The fraction of sp³-hybridized carbons (Fsp3) is 0.318. The van der Waals surface area contributed by atoms with Gasteiger partial charge in [0.15, 0.2) is 0 Å². The molecule has 3 aromatic rings. The number of rotatable bonds is 5. The summed E-state index contributed by atoms with van der Waals surface area (Å²) in [7, 11) is 0. The van der Waals surface area contributed by atoms with E-state index < -0.39 is 0 Å². The first-order valence-corrected chi connectivity index (χ1v) is 9.27. The number of piperazine rings is 1. The second-order valence-electron chi connectivity index (χ2n) is 7.00. The predicted molar refractivity (Wildman–Crippen MR) is 104 cm³/mol. The molecule has 4 rings (SSSR count). The fourth-order valence-corrected chi connectivity index (χ4v) is 3.49. The summed E-state index contributed by atoms with van der Waals surface area (Å²) in [5, 5.41) is 0. The molecule has 1 saturated heterocycles. The summed E-state index contributed by atoms with van der Waals surface area (Å²) in [5.41, 5.74) is 4.67. The van der Waals surface area contributed by atoms with Crippen molar-refractivity contribution in [2.45, 2.75) is 20.0 Å². The summed E-state index contributed by atoms with van der Waals surface area (Å²) < 4.78 is 5.73. The first-order chi connectivity index (χ1) is 12.8. The SMILES string of the molecule is Cc1ccccc1-c1nc(CN2CCN(Cc3ccccc3)CC2)co1. The highest BCUT2D eigenvalue weighted by atomic mass is 16.3. The lowest BCUT2D eigenvalue weighted by atomic mass is 10.1. The Morgan fingerprint density at radius 3 is 2.23 bits per heavy atom. The lowest BCUT2D eigenvalue weighted by Crippen LogP contribution is -2.45. The Labute approximate surface area is 155 Å². The third-order valence-corrected chi connectivity index (χ3v) is 5.03. The van der Waals surface area contributed by atoms with E-state index in [1.807, 2.05) is 12.1 Å². The van der Waals surface area contributed by atoms with Gasteiger partial charge in [-0.3, -0.25) is 9.80 Å². The van der Waals surface area contributed by atoms with E-state index in [1.54, 1.807) is 6.26 Å². The smallest absolute Gasteiger partial charge is 0.226 e. The number of nitrogens with zero attached hydrogens (tertiary/aromatic N) is 3. The van der Waals surface area contributed by atoms with Gasteiger partial charge < -0.3 is 4.42 Å². The van der Waals surface area contributed by atoms with Crippen LogP contribution in [0.2, 0.25) is 0 Å². The lowest BCUT2D eigenvalue weighted by Gasteiger charge is -2.34. The maximum atomic E-state index is 5.73. The van der Waals surface area contributed by atoms with Gasteiger partial charge in [-0.05, 0) is 24.1 Å². The van der Waals surface area contributed by atoms with Crippen LogP contribution in [0.25, 0.3) is 11.5 Å². The highest BCUT2D eigenvalue weighted by molar-refractivity contribution is 5.58. The summed E-state index contributed by atoms with van der Waals surface area (Å²) in [6.07, 6.45) is 1.80. The molecule has 0 bridgehead atoms. The molecule has 2 heterocycles. The second kappa shape index (κ2) is 7.85. The van der Waals surface area contributed by atoms with Crippen LogP contribution in [0.5, 0.6) is 0 Å². The van der Waals surface area contributed by atoms with Gasteiger partial charge in [-0.2, -0.15) is 0 Å². The minimum Gasteiger partial charge on any atom is -0.444 e. The highest BCUT2D eigenvalue weighted by Gasteiger charge is 2.18. The molecule has 1 aromatic heterocycles. The number of benzene rings is 2. The molecule has 4 heteroatoms. The van der Waals surface area contributed by atoms with Gasteiger partial charge in [0.25, 0.3) is 0 Å². The molecular weight excluding hydrogens is 322 g/mol. The largest absolute Gasteiger partial charge is 0.444 e. The Hall–Kier alpha value is -2.43. The van der Waals surface area contributed by atoms with Crippen molar-refractivity contribution < 1.29 is 4.42 Å². The first kappa shape index (κ1) is 17.0. The van der Waals surface area contributed by atoms with Crippen LogP contribution in [-0.2, 0) is 13.1 Å². The summed E-state index contributed by atoms with van der Waals surface area (Å²) in [6.45, 7) is 8.31. The number of aryl methyl sites for hydroxylation is 1. The van der Waals surface area contributed by atoms with E-state index in [0.29, 0.717) is 0 Å². The van der Waals surface area contributed by atoms with E-state index >= 15 is 0 Å². The fourth-order valence-electron chi connectivity index (χ4n) is 3.49. The van der Waals surface area contributed by atoms with Gasteiger partial charge in [-0.1, -0.05) is 48.5 Å². The number of hydrogen-bond donors (Lipinski definition) is 0. The zero-order valence-electron chi connectivity index (χ0n) is 15.3. The van der Waals surface area contributed by atoms with E-state index in [1.165, 1.54) is 11.1 Å². The number of hydrogen-bond acceptors (Lipinski definition) is 4. The molecule has 0 spiro atoms. The van der Waals surface area contributed by atoms with Gasteiger partial charge in [0.2, 0.25) is 5.89 Å². The number of oxazole rings is 1. The molecule has 0 radical (unpaired) electrons. The molecule has 1 aliphatic heterocycles. The Morgan fingerprint density at radius 1 is 0.846 bits per heavy atom. The van der Waals surface area contributed by atoms with Crippen LogP contribution in [0.1, 0.15) is 16.8 Å². The van der Waals surface area contributed by atoms with Crippen LogP contribution >= 0.6 is 0 Å². The van der Waals surface area contributed by atoms with Crippen LogP contribution < -0.4 is 0 Å².